The minimum absolute atomic E-state index is 0.0121. The van der Waals surface area contributed by atoms with E-state index >= 15 is 0 Å². The van der Waals surface area contributed by atoms with E-state index in [4.69, 9.17) is 5.73 Å². The molecule has 1 heterocycles. The maximum atomic E-state index is 12.0. The van der Waals surface area contributed by atoms with Crippen LogP contribution >= 0.6 is 27.7 Å². The van der Waals surface area contributed by atoms with Crippen LogP contribution in [-0.2, 0) is 10.0 Å². The number of anilines is 1. The molecule has 0 aliphatic heterocycles. The summed E-state index contributed by atoms with van der Waals surface area (Å²) in [7, 11) is -3.58. The van der Waals surface area contributed by atoms with E-state index < -0.39 is 10.0 Å². The molecule has 0 aliphatic carbocycles. The van der Waals surface area contributed by atoms with Crippen molar-refractivity contribution < 1.29 is 8.42 Å². The van der Waals surface area contributed by atoms with E-state index in [0.29, 0.717) is 11.0 Å². The van der Waals surface area contributed by atoms with Crippen molar-refractivity contribution in [3.63, 3.8) is 0 Å². The first-order chi connectivity index (χ1) is 8.97. The molecule has 0 atom stereocenters. The maximum absolute atomic E-state index is 12.0. The van der Waals surface area contributed by atoms with Crippen LogP contribution < -0.4 is 10.5 Å². The molecule has 0 radical (unpaired) electrons. The van der Waals surface area contributed by atoms with Gasteiger partial charge in [-0.2, -0.15) is 11.8 Å². The highest BCUT2D eigenvalue weighted by molar-refractivity contribution is 9.10. The van der Waals surface area contributed by atoms with Crippen LogP contribution in [0.3, 0.4) is 0 Å². The fraction of sp³-hybridized carbons (Fsp3) is 0.545. The highest BCUT2D eigenvalue weighted by Gasteiger charge is 2.18. The first kappa shape index (κ1) is 16.7. The molecule has 5 nitrogen and oxygen atoms in total. The van der Waals surface area contributed by atoms with Gasteiger partial charge in [0.05, 0.1) is 0 Å². The molecule has 0 saturated carbocycles. The number of nitrogen functional groups attached to an aromatic ring is 1. The molecule has 0 aromatic carbocycles. The Labute approximate surface area is 126 Å². The zero-order valence-electron chi connectivity index (χ0n) is 10.7. The van der Waals surface area contributed by atoms with Gasteiger partial charge in [-0.3, -0.25) is 0 Å². The van der Waals surface area contributed by atoms with Gasteiger partial charge in [0.2, 0.25) is 10.0 Å². The van der Waals surface area contributed by atoms with Crippen LogP contribution in [0.1, 0.15) is 19.3 Å². The summed E-state index contributed by atoms with van der Waals surface area (Å²) in [6, 6.07) is 1.46. The van der Waals surface area contributed by atoms with Gasteiger partial charge in [0.25, 0.3) is 0 Å². The summed E-state index contributed by atoms with van der Waals surface area (Å²) < 4.78 is 27.2. The normalized spacial score (nSPS) is 11.7. The zero-order chi connectivity index (χ0) is 14.3. The lowest BCUT2D eigenvalue weighted by atomic mass is 10.2. The van der Waals surface area contributed by atoms with Crippen molar-refractivity contribution in [1.82, 2.24) is 9.71 Å². The quantitative estimate of drug-likeness (QED) is 0.688. The van der Waals surface area contributed by atoms with Gasteiger partial charge in [-0.1, -0.05) is 6.42 Å². The second kappa shape index (κ2) is 8.08. The average Bonchev–Trinajstić information content (AvgIpc) is 2.36. The fourth-order valence-corrected chi connectivity index (χ4v) is 3.63. The standard InChI is InChI=1S/C11H18BrN3O2S2/c1-18-6-4-2-3-5-15-19(16,17)10-7-9(12)8-14-11(10)13/h7-8,15H,2-6H2,1H3,(H2,13,14). The van der Waals surface area contributed by atoms with E-state index in [-0.39, 0.29) is 10.7 Å². The number of rotatable bonds is 8. The van der Waals surface area contributed by atoms with Crippen molar-refractivity contribution >= 4 is 43.5 Å². The number of thioether (sulfide) groups is 1. The van der Waals surface area contributed by atoms with E-state index in [1.54, 1.807) is 11.8 Å². The number of unbranched alkanes of at least 4 members (excludes halogenated alkanes) is 2. The third kappa shape index (κ3) is 5.68. The van der Waals surface area contributed by atoms with Gasteiger partial charge in [-0.25, -0.2) is 18.1 Å². The Morgan fingerprint density at radius 3 is 2.84 bits per heavy atom. The van der Waals surface area contributed by atoms with Crippen LogP contribution in [0.2, 0.25) is 0 Å². The number of nitrogens with one attached hydrogen (secondary N) is 1. The molecule has 108 valence electrons. The molecule has 0 bridgehead atoms. The Balaban J connectivity index is 2.54. The lowest BCUT2D eigenvalue weighted by Gasteiger charge is -2.08. The van der Waals surface area contributed by atoms with Crippen molar-refractivity contribution in [1.29, 1.82) is 0 Å². The van der Waals surface area contributed by atoms with Crippen LogP contribution in [0.25, 0.3) is 0 Å². The highest BCUT2D eigenvalue weighted by atomic mass is 79.9. The first-order valence-corrected chi connectivity index (χ1v) is 9.54. The van der Waals surface area contributed by atoms with Crippen LogP contribution in [0.4, 0.5) is 5.82 Å². The van der Waals surface area contributed by atoms with Gasteiger partial charge in [0.1, 0.15) is 10.7 Å². The molecule has 8 heteroatoms. The topological polar surface area (TPSA) is 85.1 Å². The third-order valence-electron chi connectivity index (χ3n) is 2.46. The SMILES string of the molecule is CSCCCCCNS(=O)(=O)c1cc(Br)cnc1N. The van der Waals surface area contributed by atoms with E-state index in [1.165, 1.54) is 12.3 Å². The molecule has 0 aliphatic rings. The summed E-state index contributed by atoms with van der Waals surface area (Å²) in [6.07, 6.45) is 6.46. The van der Waals surface area contributed by atoms with Crippen LogP contribution in [-0.4, -0.2) is 32.0 Å². The van der Waals surface area contributed by atoms with Gasteiger partial charge in [0, 0.05) is 17.2 Å². The second-order valence-corrected chi connectivity index (χ2v) is 7.62. The molecule has 0 spiro atoms. The molecule has 0 amide bonds. The third-order valence-corrected chi connectivity index (χ3v) is 5.08. The van der Waals surface area contributed by atoms with Crippen LogP contribution in [0.5, 0.6) is 0 Å². The average molecular weight is 368 g/mol. The number of hydrogen-bond acceptors (Lipinski definition) is 5. The minimum Gasteiger partial charge on any atom is -0.383 e. The van der Waals surface area contributed by atoms with Crippen molar-refractivity contribution in [2.75, 3.05) is 24.3 Å². The van der Waals surface area contributed by atoms with Gasteiger partial charge in [0.15, 0.2) is 0 Å². The summed E-state index contributed by atoms with van der Waals surface area (Å²) in [5.74, 6) is 1.12. The number of hydrogen-bond donors (Lipinski definition) is 2. The van der Waals surface area contributed by atoms with Gasteiger partial charge in [-0.05, 0) is 46.8 Å². The molecular formula is C11H18BrN3O2S2. The molecule has 1 aromatic rings. The molecule has 3 N–H and O–H groups in total. The second-order valence-electron chi connectivity index (χ2n) is 3.99. The Kier molecular flexibility index (Phi) is 7.12. The Hall–Kier alpha value is -0.310. The number of nitrogens with two attached hydrogens (primary N) is 1. The number of pyridine rings is 1. The summed E-state index contributed by atoms with van der Waals surface area (Å²) in [6.45, 7) is 0.419. The summed E-state index contributed by atoms with van der Waals surface area (Å²) in [5.41, 5.74) is 5.59. The summed E-state index contributed by atoms with van der Waals surface area (Å²) in [4.78, 5) is 3.84. The Morgan fingerprint density at radius 2 is 2.16 bits per heavy atom. The summed E-state index contributed by atoms with van der Waals surface area (Å²) in [5, 5.41) is 0. The lowest BCUT2D eigenvalue weighted by molar-refractivity contribution is 0.576. The number of nitrogens with zero attached hydrogens (tertiary/aromatic N) is 1. The molecule has 0 unspecified atom stereocenters. The van der Waals surface area contributed by atoms with Crippen molar-refractivity contribution in [2.24, 2.45) is 0 Å². The lowest BCUT2D eigenvalue weighted by Crippen LogP contribution is -2.26. The predicted octanol–water partition coefficient (Wildman–Crippen LogP) is 2.24. The van der Waals surface area contributed by atoms with Crippen LogP contribution in [0, 0.1) is 0 Å². The Morgan fingerprint density at radius 1 is 1.42 bits per heavy atom. The highest BCUT2D eigenvalue weighted by Crippen LogP contribution is 2.20. The van der Waals surface area contributed by atoms with Crippen LogP contribution in [0.15, 0.2) is 21.6 Å². The first-order valence-electron chi connectivity index (χ1n) is 5.87. The largest absolute Gasteiger partial charge is 0.383 e. The van der Waals surface area contributed by atoms with E-state index in [2.05, 4.69) is 31.9 Å². The number of aromatic nitrogens is 1. The zero-order valence-corrected chi connectivity index (χ0v) is 13.9. The fourth-order valence-electron chi connectivity index (χ4n) is 1.48. The number of sulfonamides is 1. The van der Waals surface area contributed by atoms with Gasteiger partial charge >= 0.3 is 0 Å². The van der Waals surface area contributed by atoms with E-state index in [1.807, 2.05) is 0 Å². The van der Waals surface area contributed by atoms with Crippen molar-refractivity contribution in [2.45, 2.75) is 24.2 Å². The molecule has 1 aromatic heterocycles. The van der Waals surface area contributed by atoms with Crippen molar-refractivity contribution in [3.05, 3.63) is 16.7 Å². The van der Waals surface area contributed by atoms with E-state index in [9.17, 15) is 8.42 Å². The molecule has 19 heavy (non-hydrogen) atoms. The predicted molar refractivity (Wildman–Crippen MR) is 83.8 cm³/mol. The summed E-state index contributed by atoms with van der Waals surface area (Å²) >= 11 is 4.98. The molecule has 0 fully saturated rings. The Bertz CT molecular complexity index is 509. The van der Waals surface area contributed by atoms with Gasteiger partial charge < -0.3 is 5.73 Å². The smallest absolute Gasteiger partial charge is 0.244 e. The number of halogens is 1. The molecular weight excluding hydrogens is 350 g/mol. The minimum atomic E-state index is -3.58. The van der Waals surface area contributed by atoms with Crippen molar-refractivity contribution in [3.8, 4) is 0 Å². The monoisotopic (exact) mass is 367 g/mol. The maximum Gasteiger partial charge on any atom is 0.244 e. The molecule has 0 saturated heterocycles. The van der Waals surface area contributed by atoms with Gasteiger partial charge in [-0.15, -0.1) is 0 Å². The van der Waals surface area contributed by atoms with E-state index in [0.717, 1.165) is 25.0 Å². The molecule has 1 rings (SSSR count).